The van der Waals surface area contributed by atoms with Crippen LogP contribution in [0.5, 0.6) is 0 Å². The molecular weight excluding hydrogens is 348 g/mol. The van der Waals surface area contributed by atoms with Crippen LogP contribution in [0.25, 0.3) is 17.6 Å². The maximum atomic E-state index is 13.2. The summed E-state index contributed by atoms with van der Waals surface area (Å²) >= 11 is 0. The van der Waals surface area contributed by atoms with E-state index in [0.717, 1.165) is 35.4 Å². The lowest BCUT2D eigenvalue weighted by Gasteiger charge is -2.34. The molecule has 0 saturated carbocycles. The van der Waals surface area contributed by atoms with Gasteiger partial charge in [0.2, 0.25) is 0 Å². The molecule has 1 aliphatic heterocycles. The molecule has 3 aromatic rings. The molecule has 1 atom stereocenters. The van der Waals surface area contributed by atoms with Gasteiger partial charge in [-0.05, 0) is 48.7 Å². The molecule has 0 spiro atoms. The number of benzene rings is 1. The quantitative estimate of drug-likeness (QED) is 0.689. The Morgan fingerprint density at radius 1 is 1.18 bits per heavy atom. The van der Waals surface area contributed by atoms with Crippen LogP contribution in [0.3, 0.4) is 0 Å². The number of allylic oxidation sites excluding steroid dienone is 1. The Morgan fingerprint density at radius 2 is 2.11 bits per heavy atom. The van der Waals surface area contributed by atoms with Gasteiger partial charge in [0, 0.05) is 36.5 Å². The van der Waals surface area contributed by atoms with E-state index in [1.165, 1.54) is 11.1 Å². The van der Waals surface area contributed by atoms with E-state index < -0.39 is 0 Å². The fourth-order valence-corrected chi connectivity index (χ4v) is 4.02. The lowest BCUT2D eigenvalue weighted by molar-refractivity contribution is 0.0675. The molecular formula is C23H20N4O. The van der Waals surface area contributed by atoms with Crippen LogP contribution in [-0.2, 0) is 12.8 Å². The van der Waals surface area contributed by atoms with E-state index in [9.17, 15) is 4.79 Å². The molecule has 5 nitrogen and oxygen atoms in total. The standard InChI is InChI=1S/C23H20N4O/c1-15-19-14-25-22(21-7-2-3-11-24-21)26-20(19)10-12-27(15)23(28)18-9-8-16-5-4-6-17(16)13-18/h2-5,7-9,11,13-15H,6,10,12H2,1H3. The van der Waals surface area contributed by atoms with E-state index >= 15 is 0 Å². The second-order valence-corrected chi connectivity index (χ2v) is 7.26. The van der Waals surface area contributed by atoms with Crippen molar-refractivity contribution in [3.05, 3.63) is 82.8 Å². The average molecular weight is 368 g/mol. The first-order valence-electron chi connectivity index (χ1n) is 9.58. The number of amides is 1. The van der Waals surface area contributed by atoms with Gasteiger partial charge >= 0.3 is 0 Å². The first-order chi connectivity index (χ1) is 13.7. The van der Waals surface area contributed by atoms with Gasteiger partial charge in [0.15, 0.2) is 5.82 Å². The van der Waals surface area contributed by atoms with Gasteiger partial charge in [0.05, 0.1) is 11.7 Å². The third-order valence-corrected chi connectivity index (χ3v) is 5.59. The average Bonchev–Trinajstić information content (AvgIpc) is 3.22. The van der Waals surface area contributed by atoms with Gasteiger partial charge in [-0.2, -0.15) is 0 Å². The molecule has 2 aromatic heterocycles. The summed E-state index contributed by atoms with van der Waals surface area (Å²) in [6.07, 6.45) is 9.46. The molecule has 0 N–H and O–H groups in total. The molecule has 138 valence electrons. The maximum absolute atomic E-state index is 13.2. The van der Waals surface area contributed by atoms with Crippen molar-refractivity contribution in [2.75, 3.05) is 6.54 Å². The summed E-state index contributed by atoms with van der Waals surface area (Å²) in [4.78, 5) is 28.7. The van der Waals surface area contributed by atoms with Crippen molar-refractivity contribution >= 4 is 12.0 Å². The van der Waals surface area contributed by atoms with E-state index in [1.54, 1.807) is 6.20 Å². The second kappa shape index (κ2) is 6.68. The predicted molar refractivity (Wildman–Crippen MR) is 108 cm³/mol. The molecule has 1 aromatic carbocycles. The minimum absolute atomic E-state index is 0.0552. The number of carbonyl (C=O) groups excluding carboxylic acids is 1. The third-order valence-electron chi connectivity index (χ3n) is 5.59. The number of aromatic nitrogens is 3. The summed E-state index contributed by atoms with van der Waals surface area (Å²) in [7, 11) is 0. The number of fused-ring (bicyclic) bond motifs is 2. The van der Waals surface area contributed by atoms with Gasteiger partial charge in [0.25, 0.3) is 5.91 Å². The molecule has 5 heteroatoms. The van der Waals surface area contributed by atoms with Crippen LogP contribution in [0.2, 0.25) is 0 Å². The number of rotatable bonds is 2. The van der Waals surface area contributed by atoms with Gasteiger partial charge in [0.1, 0.15) is 5.69 Å². The Hall–Kier alpha value is -3.34. The third kappa shape index (κ3) is 2.80. The summed E-state index contributed by atoms with van der Waals surface area (Å²) in [6, 6.07) is 11.7. The smallest absolute Gasteiger partial charge is 0.254 e. The van der Waals surface area contributed by atoms with Crippen LogP contribution in [0.4, 0.5) is 0 Å². The minimum Gasteiger partial charge on any atom is -0.331 e. The largest absolute Gasteiger partial charge is 0.331 e. The van der Waals surface area contributed by atoms with Crippen LogP contribution < -0.4 is 0 Å². The Kier molecular flexibility index (Phi) is 4.01. The molecule has 0 fully saturated rings. The van der Waals surface area contributed by atoms with Crippen molar-refractivity contribution in [3.63, 3.8) is 0 Å². The number of nitrogens with zero attached hydrogens (tertiary/aromatic N) is 4. The molecule has 0 saturated heterocycles. The van der Waals surface area contributed by atoms with Crippen LogP contribution >= 0.6 is 0 Å². The summed E-state index contributed by atoms with van der Waals surface area (Å²) in [5.74, 6) is 0.708. The Balaban J connectivity index is 1.42. The van der Waals surface area contributed by atoms with Crippen molar-refractivity contribution < 1.29 is 4.79 Å². The lowest BCUT2D eigenvalue weighted by atomic mass is 9.97. The highest BCUT2D eigenvalue weighted by atomic mass is 16.2. The van der Waals surface area contributed by atoms with Crippen LogP contribution in [0.15, 0.2) is 54.9 Å². The second-order valence-electron chi connectivity index (χ2n) is 7.26. The zero-order chi connectivity index (χ0) is 19.1. The van der Waals surface area contributed by atoms with E-state index in [1.807, 2.05) is 47.5 Å². The molecule has 28 heavy (non-hydrogen) atoms. The van der Waals surface area contributed by atoms with Crippen LogP contribution in [0.1, 0.15) is 45.7 Å². The van der Waals surface area contributed by atoms with E-state index in [4.69, 9.17) is 4.98 Å². The van der Waals surface area contributed by atoms with Crippen molar-refractivity contribution in [3.8, 4) is 11.5 Å². The number of hydrogen-bond donors (Lipinski definition) is 0. The summed E-state index contributed by atoms with van der Waals surface area (Å²) in [5.41, 5.74) is 5.97. The monoisotopic (exact) mass is 368 g/mol. The van der Waals surface area contributed by atoms with Crippen molar-refractivity contribution in [1.82, 2.24) is 19.9 Å². The Labute approximate surface area is 163 Å². The zero-order valence-electron chi connectivity index (χ0n) is 15.7. The Morgan fingerprint density at radius 3 is 2.96 bits per heavy atom. The van der Waals surface area contributed by atoms with Gasteiger partial charge in [-0.1, -0.05) is 24.3 Å². The molecule has 1 amide bonds. The fourth-order valence-electron chi connectivity index (χ4n) is 4.02. The number of hydrogen-bond acceptors (Lipinski definition) is 4. The first kappa shape index (κ1) is 16.8. The topological polar surface area (TPSA) is 59.0 Å². The SMILES string of the molecule is CC1c2cnc(-c3ccccn3)nc2CCN1C(=O)c1ccc2c(c1)CC=C2. The highest BCUT2D eigenvalue weighted by Crippen LogP contribution is 2.31. The minimum atomic E-state index is -0.0552. The molecule has 3 heterocycles. The van der Waals surface area contributed by atoms with Gasteiger partial charge in [-0.3, -0.25) is 9.78 Å². The highest BCUT2D eigenvalue weighted by molar-refractivity contribution is 5.95. The number of pyridine rings is 1. The Bertz CT molecular complexity index is 1090. The van der Waals surface area contributed by atoms with Gasteiger partial charge < -0.3 is 4.90 Å². The molecule has 2 aliphatic rings. The van der Waals surface area contributed by atoms with Crippen molar-refractivity contribution in [1.29, 1.82) is 0 Å². The molecule has 5 rings (SSSR count). The maximum Gasteiger partial charge on any atom is 0.254 e. The van der Waals surface area contributed by atoms with Gasteiger partial charge in [-0.25, -0.2) is 9.97 Å². The summed E-state index contributed by atoms with van der Waals surface area (Å²) in [6.45, 7) is 2.70. The fraction of sp³-hybridized carbons (Fsp3) is 0.217. The molecule has 0 bridgehead atoms. The highest BCUT2D eigenvalue weighted by Gasteiger charge is 2.30. The lowest BCUT2D eigenvalue weighted by Crippen LogP contribution is -2.39. The predicted octanol–water partition coefficient (Wildman–Crippen LogP) is 3.87. The normalized spacial score (nSPS) is 17.3. The van der Waals surface area contributed by atoms with E-state index in [0.29, 0.717) is 12.4 Å². The first-order valence-corrected chi connectivity index (χ1v) is 9.58. The van der Waals surface area contributed by atoms with Crippen LogP contribution in [-0.4, -0.2) is 32.3 Å². The zero-order valence-corrected chi connectivity index (χ0v) is 15.7. The van der Waals surface area contributed by atoms with Crippen LogP contribution in [0, 0.1) is 0 Å². The molecule has 0 radical (unpaired) electrons. The molecule has 1 aliphatic carbocycles. The summed E-state index contributed by atoms with van der Waals surface area (Å²) in [5, 5.41) is 0. The van der Waals surface area contributed by atoms with Crippen molar-refractivity contribution in [2.24, 2.45) is 0 Å². The molecule has 1 unspecified atom stereocenters. The van der Waals surface area contributed by atoms with Crippen molar-refractivity contribution in [2.45, 2.75) is 25.8 Å². The van der Waals surface area contributed by atoms with E-state index in [2.05, 4.69) is 29.0 Å². The number of carbonyl (C=O) groups is 1. The summed E-state index contributed by atoms with van der Waals surface area (Å²) < 4.78 is 0. The van der Waals surface area contributed by atoms with Gasteiger partial charge in [-0.15, -0.1) is 0 Å². The van der Waals surface area contributed by atoms with E-state index in [-0.39, 0.29) is 11.9 Å².